The third-order valence-corrected chi connectivity index (χ3v) is 2.12. The molecule has 1 heteroatoms. The summed E-state index contributed by atoms with van der Waals surface area (Å²) in [5.74, 6) is 1.22. The first-order valence-corrected chi connectivity index (χ1v) is 4.76. The highest BCUT2D eigenvalue weighted by atomic mass is 16.3. The van der Waals surface area contributed by atoms with Crippen LogP contribution in [0.3, 0.4) is 0 Å². The molecule has 1 nitrogen and oxygen atoms in total. The van der Waals surface area contributed by atoms with Crippen LogP contribution in [-0.2, 0) is 0 Å². The molecule has 1 N–H and O–H groups in total. The van der Waals surface area contributed by atoms with Gasteiger partial charge >= 0.3 is 0 Å². The lowest BCUT2D eigenvalue weighted by atomic mass is 9.89. The van der Waals surface area contributed by atoms with Crippen molar-refractivity contribution in [1.82, 2.24) is 0 Å². The minimum absolute atomic E-state index is 0.127. The Kier molecular flexibility index (Phi) is 5.57. The summed E-state index contributed by atoms with van der Waals surface area (Å²) in [6.45, 7) is 8.51. The molecule has 0 fully saturated rings. The van der Waals surface area contributed by atoms with Gasteiger partial charge in [-0.2, -0.15) is 0 Å². The highest BCUT2D eigenvalue weighted by Crippen LogP contribution is 2.20. The molecule has 0 heterocycles. The standard InChI is InChI=1S/C10H22O/c1-5-6-10(9(4)11)7-8(2)3/h8-11H,5-7H2,1-4H3. The number of aliphatic hydroxyl groups excluding tert-OH is 1. The van der Waals surface area contributed by atoms with Crippen LogP contribution in [0.15, 0.2) is 0 Å². The van der Waals surface area contributed by atoms with Gasteiger partial charge in [-0.15, -0.1) is 0 Å². The maximum atomic E-state index is 9.39. The molecule has 11 heavy (non-hydrogen) atoms. The van der Waals surface area contributed by atoms with E-state index in [-0.39, 0.29) is 6.10 Å². The normalized spacial score (nSPS) is 16.9. The van der Waals surface area contributed by atoms with E-state index in [4.69, 9.17) is 0 Å². The lowest BCUT2D eigenvalue weighted by Crippen LogP contribution is -2.18. The van der Waals surface area contributed by atoms with Crippen LogP contribution < -0.4 is 0 Å². The van der Waals surface area contributed by atoms with Crippen molar-refractivity contribution in [3.8, 4) is 0 Å². The van der Waals surface area contributed by atoms with Crippen LogP contribution in [0.4, 0.5) is 0 Å². The number of hydrogen-bond donors (Lipinski definition) is 1. The predicted octanol–water partition coefficient (Wildman–Crippen LogP) is 2.83. The van der Waals surface area contributed by atoms with Gasteiger partial charge in [0.15, 0.2) is 0 Å². The molecule has 0 aromatic rings. The Balaban J connectivity index is 3.69. The summed E-state index contributed by atoms with van der Waals surface area (Å²) in [6.07, 6.45) is 3.38. The molecule has 68 valence electrons. The van der Waals surface area contributed by atoms with E-state index in [0.717, 1.165) is 12.8 Å². The van der Waals surface area contributed by atoms with Gasteiger partial charge in [-0.25, -0.2) is 0 Å². The average Bonchev–Trinajstić information content (AvgIpc) is 1.86. The van der Waals surface area contributed by atoms with Crippen molar-refractivity contribution in [1.29, 1.82) is 0 Å². The molecule has 0 rings (SSSR count). The maximum absolute atomic E-state index is 9.39. The fraction of sp³-hybridized carbons (Fsp3) is 1.00. The van der Waals surface area contributed by atoms with Gasteiger partial charge in [0, 0.05) is 0 Å². The van der Waals surface area contributed by atoms with Gasteiger partial charge in [0.05, 0.1) is 6.10 Å². The second-order valence-electron chi connectivity index (χ2n) is 3.92. The van der Waals surface area contributed by atoms with Crippen molar-refractivity contribution in [2.24, 2.45) is 11.8 Å². The summed E-state index contributed by atoms with van der Waals surface area (Å²) in [4.78, 5) is 0. The molecule has 0 aromatic carbocycles. The lowest BCUT2D eigenvalue weighted by Gasteiger charge is -2.20. The van der Waals surface area contributed by atoms with E-state index in [0.29, 0.717) is 11.8 Å². The lowest BCUT2D eigenvalue weighted by molar-refractivity contribution is 0.106. The zero-order valence-corrected chi connectivity index (χ0v) is 8.30. The summed E-state index contributed by atoms with van der Waals surface area (Å²) < 4.78 is 0. The van der Waals surface area contributed by atoms with Crippen molar-refractivity contribution in [2.45, 2.75) is 53.1 Å². The van der Waals surface area contributed by atoms with Crippen LogP contribution >= 0.6 is 0 Å². The summed E-state index contributed by atoms with van der Waals surface area (Å²) >= 11 is 0. The molecule has 0 saturated heterocycles. The molecule has 0 aromatic heterocycles. The number of hydrogen-bond acceptors (Lipinski definition) is 1. The second-order valence-corrected chi connectivity index (χ2v) is 3.92. The van der Waals surface area contributed by atoms with E-state index in [2.05, 4.69) is 20.8 Å². The summed E-state index contributed by atoms with van der Waals surface area (Å²) in [6, 6.07) is 0. The zero-order chi connectivity index (χ0) is 8.85. The van der Waals surface area contributed by atoms with Crippen LogP contribution in [0.5, 0.6) is 0 Å². The van der Waals surface area contributed by atoms with E-state index in [1.165, 1.54) is 6.42 Å². The Labute approximate surface area is 70.8 Å². The van der Waals surface area contributed by atoms with Crippen molar-refractivity contribution in [3.63, 3.8) is 0 Å². The molecule has 0 radical (unpaired) electrons. The van der Waals surface area contributed by atoms with Crippen molar-refractivity contribution in [2.75, 3.05) is 0 Å². The van der Waals surface area contributed by atoms with Crippen LogP contribution in [0.1, 0.15) is 47.0 Å². The fourth-order valence-corrected chi connectivity index (χ4v) is 1.53. The molecule has 0 aliphatic carbocycles. The third-order valence-electron chi connectivity index (χ3n) is 2.12. The molecule has 0 aliphatic rings. The summed E-state index contributed by atoms with van der Waals surface area (Å²) in [5, 5.41) is 9.39. The Morgan fingerprint density at radius 2 is 1.73 bits per heavy atom. The van der Waals surface area contributed by atoms with Gasteiger partial charge in [-0.05, 0) is 31.6 Å². The van der Waals surface area contributed by atoms with Gasteiger partial charge in [0.1, 0.15) is 0 Å². The summed E-state index contributed by atoms with van der Waals surface area (Å²) in [7, 11) is 0. The Hall–Kier alpha value is -0.0400. The SMILES string of the molecule is CCCC(CC(C)C)C(C)O. The van der Waals surface area contributed by atoms with E-state index in [9.17, 15) is 5.11 Å². The van der Waals surface area contributed by atoms with Crippen molar-refractivity contribution < 1.29 is 5.11 Å². The smallest absolute Gasteiger partial charge is 0.0540 e. The third kappa shape index (κ3) is 5.25. The molecule has 0 spiro atoms. The molecular weight excluding hydrogens is 136 g/mol. The van der Waals surface area contributed by atoms with Crippen LogP contribution in [0.2, 0.25) is 0 Å². The number of aliphatic hydroxyl groups is 1. The van der Waals surface area contributed by atoms with E-state index in [1.54, 1.807) is 0 Å². The Bertz CT molecular complexity index is 86.9. The molecule has 0 amide bonds. The maximum Gasteiger partial charge on any atom is 0.0540 e. The number of rotatable bonds is 5. The topological polar surface area (TPSA) is 20.2 Å². The van der Waals surface area contributed by atoms with E-state index < -0.39 is 0 Å². The first kappa shape index (κ1) is 11.0. The Morgan fingerprint density at radius 3 is 2.00 bits per heavy atom. The zero-order valence-electron chi connectivity index (χ0n) is 8.30. The monoisotopic (exact) mass is 158 g/mol. The molecule has 2 atom stereocenters. The van der Waals surface area contributed by atoms with Crippen LogP contribution in [-0.4, -0.2) is 11.2 Å². The molecule has 0 saturated carbocycles. The molecule has 2 unspecified atom stereocenters. The van der Waals surface area contributed by atoms with Crippen LogP contribution in [0, 0.1) is 11.8 Å². The first-order valence-electron chi connectivity index (χ1n) is 4.76. The van der Waals surface area contributed by atoms with E-state index in [1.807, 2.05) is 6.92 Å². The van der Waals surface area contributed by atoms with Gasteiger partial charge in [-0.3, -0.25) is 0 Å². The van der Waals surface area contributed by atoms with Crippen LogP contribution in [0.25, 0.3) is 0 Å². The second kappa shape index (κ2) is 5.59. The van der Waals surface area contributed by atoms with Crippen molar-refractivity contribution >= 4 is 0 Å². The largest absolute Gasteiger partial charge is 0.393 e. The molecule has 0 bridgehead atoms. The first-order chi connectivity index (χ1) is 5.07. The average molecular weight is 158 g/mol. The van der Waals surface area contributed by atoms with Gasteiger partial charge in [0.25, 0.3) is 0 Å². The molecular formula is C10H22O. The minimum atomic E-state index is -0.127. The van der Waals surface area contributed by atoms with Gasteiger partial charge in [-0.1, -0.05) is 27.2 Å². The van der Waals surface area contributed by atoms with Crippen molar-refractivity contribution in [3.05, 3.63) is 0 Å². The summed E-state index contributed by atoms with van der Waals surface area (Å²) in [5.41, 5.74) is 0. The molecule has 0 aliphatic heterocycles. The minimum Gasteiger partial charge on any atom is -0.393 e. The highest BCUT2D eigenvalue weighted by Gasteiger charge is 2.14. The quantitative estimate of drug-likeness (QED) is 0.652. The highest BCUT2D eigenvalue weighted by molar-refractivity contribution is 4.65. The Morgan fingerprint density at radius 1 is 1.18 bits per heavy atom. The van der Waals surface area contributed by atoms with Gasteiger partial charge in [0.2, 0.25) is 0 Å². The van der Waals surface area contributed by atoms with Gasteiger partial charge < -0.3 is 5.11 Å². The fourth-order valence-electron chi connectivity index (χ4n) is 1.53. The van der Waals surface area contributed by atoms with E-state index >= 15 is 0 Å². The predicted molar refractivity (Wildman–Crippen MR) is 49.5 cm³/mol.